The van der Waals surface area contributed by atoms with Gasteiger partial charge in [-0.3, -0.25) is 4.79 Å². The lowest BCUT2D eigenvalue weighted by Gasteiger charge is -2.14. The minimum atomic E-state index is -0.548. The summed E-state index contributed by atoms with van der Waals surface area (Å²) >= 11 is 7.47. The fourth-order valence-corrected chi connectivity index (χ4v) is 3.04. The molecule has 1 amide bonds. The lowest BCUT2D eigenvalue weighted by atomic mass is 10.1. The highest BCUT2D eigenvalue weighted by Gasteiger charge is 2.11. The second-order valence-corrected chi connectivity index (χ2v) is 6.64. The quantitative estimate of drug-likeness (QED) is 0.619. The Morgan fingerprint density at radius 3 is 2.83 bits per heavy atom. The van der Waals surface area contributed by atoms with Crippen LogP contribution in [0.2, 0.25) is 5.02 Å². The number of aryl methyl sites for hydroxylation is 1. The number of thiophene rings is 1. The Kier molecular flexibility index (Phi) is 6.58. The molecule has 1 aromatic carbocycles. The Morgan fingerprint density at radius 2 is 2.17 bits per heavy atom. The number of benzene rings is 1. The number of carbonyl (C=O) groups is 2. The van der Waals surface area contributed by atoms with Gasteiger partial charge in [0.2, 0.25) is 0 Å². The number of amides is 1. The molecule has 0 aliphatic carbocycles. The van der Waals surface area contributed by atoms with E-state index in [1.54, 1.807) is 18.2 Å². The van der Waals surface area contributed by atoms with Gasteiger partial charge in [0, 0.05) is 16.0 Å². The Hall–Kier alpha value is -2.11. The van der Waals surface area contributed by atoms with Crippen LogP contribution >= 0.6 is 22.9 Å². The SMILES string of the molecule is Cc1ccsc1/C=C/C(=O)OCC(=O)N[C@H](C)c1cccc(Cl)c1. The van der Waals surface area contributed by atoms with E-state index < -0.39 is 5.97 Å². The van der Waals surface area contributed by atoms with Crippen LogP contribution in [0.3, 0.4) is 0 Å². The number of hydrogen-bond donors (Lipinski definition) is 1. The lowest BCUT2D eigenvalue weighted by Crippen LogP contribution is -2.30. The minimum Gasteiger partial charge on any atom is -0.452 e. The van der Waals surface area contributed by atoms with Crippen molar-refractivity contribution in [3.8, 4) is 0 Å². The van der Waals surface area contributed by atoms with Crippen LogP contribution in [0.15, 0.2) is 41.8 Å². The molecule has 0 spiro atoms. The van der Waals surface area contributed by atoms with Crippen molar-refractivity contribution >= 4 is 40.9 Å². The van der Waals surface area contributed by atoms with Gasteiger partial charge in [0.1, 0.15) is 0 Å². The van der Waals surface area contributed by atoms with Crippen molar-refractivity contribution in [1.29, 1.82) is 0 Å². The summed E-state index contributed by atoms with van der Waals surface area (Å²) in [5.41, 5.74) is 1.98. The third-order valence-corrected chi connectivity index (χ3v) is 4.56. The van der Waals surface area contributed by atoms with E-state index in [1.807, 2.05) is 37.4 Å². The maximum atomic E-state index is 11.9. The number of hydrogen-bond acceptors (Lipinski definition) is 4. The number of ether oxygens (including phenoxy) is 1. The monoisotopic (exact) mass is 363 g/mol. The molecule has 2 aromatic rings. The van der Waals surface area contributed by atoms with E-state index in [2.05, 4.69) is 5.32 Å². The van der Waals surface area contributed by atoms with E-state index in [1.165, 1.54) is 17.4 Å². The van der Waals surface area contributed by atoms with Crippen molar-refractivity contribution in [1.82, 2.24) is 5.32 Å². The molecule has 4 nitrogen and oxygen atoms in total. The van der Waals surface area contributed by atoms with Crippen molar-refractivity contribution in [2.24, 2.45) is 0 Å². The van der Waals surface area contributed by atoms with E-state index in [9.17, 15) is 9.59 Å². The van der Waals surface area contributed by atoms with Crippen LogP contribution in [-0.2, 0) is 14.3 Å². The summed E-state index contributed by atoms with van der Waals surface area (Å²) in [6.07, 6.45) is 3.02. The van der Waals surface area contributed by atoms with Gasteiger partial charge < -0.3 is 10.1 Å². The van der Waals surface area contributed by atoms with Crippen molar-refractivity contribution < 1.29 is 14.3 Å². The van der Waals surface area contributed by atoms with Crippen LogP contribution in [0.25, 0.3) is 6.08 Å². The Morgan fingerprint density at radius 1 is 1.38 bits per heavy atom. The van der Waals surface area contributed by atoms with Gasteiger partial charge in [-0.15, -0.1) is 11.3 Å². The zero-order valence-electron chi connectivity index (χ0n) is 13.4. The summed E-state index contributed by atoms with van der Waals surface area (Å²) in [6.45, 7) is 3.48. The van der Waals surface area contributed by atoms with Crippen LogP contribution < -0.4 is 5.32 Å². The Bertz CT molecular complexity index is 754. The molecule has 0 unspecified atom stereocenters. The van der Waals surface area contributed by atoms with Crippen molar-refractivity contribution in [2.75, 3.05) is 6.61 Å². The van der Waals surface area contributed by atoms with Crippen LogP contribution in [-0.4, -0.2) is 18.5 Å². The zero-order valence-corrected chi connectivity index (χ0v) is 15.0. The van der Waals surface area contributed by atoms with E-state index in [0.717, 1.165) is 16.0 Å². The molecule has 0 aliphatic rings. The predicted octanol–water partition coefficient (Wildman–Crippen LogP) is 4.14. The first-order valence-corrected chi connectivity index (χ1v) is 8.65. The van der Waals surface area contributed by atoms with Crippen molar-refractivity contribution in [2.45, 2.75) is 19.9 Å². The smallest absolute Gasteiger partial charge is 0.331 e. The normalized spacial score (nSPS) is 12.1. The van der Waals surface area contributed by atoms with Gasteiger partial charge in [0.25, 0.3) is 5.91 Å². The van der Waals surface area contributed by atoms with E-state index in [4.69, 9.17) is 16.3 Å². The first-order valence-electron chi connectivity index (χ1n) is 7.39. The van der Waals surface area contributed by atoms with Gasteiger partial charge in [0.15, 0.2) is 6.61 Å². The fourth-order valence-electron chi connectivity index (χ4n) is 2.03. The summed E-state index contributed by atoms with van der Waals surface area (Å²) in [5, 5.41) is 5.32. The molecule has 1 atom stereocenters. The molecule has 1 aromatic heterocycles. The van der Waals surface area contributed by atoms with Crippen molar-refractivity contribution in [3.05, 3.63) is 62.8 Å². The number of halogens is 1. The highest BCUT2D eigenvalue weighted by atomic mass is 35.5. The van der Waals surface area contributed by atoms with Gasteiger partial charge in [-0.1, -0.05) is 23.7 Å². The summed E-state index contributed by atoms with van der Waals surface area (Å²) < 4.78 is 4.94. The second kappa shape index (κ2) is 8.66. The molecule has 0 fully saturated rings. The highest BCUT2D eigenvalue weighted by molar-refractivity contribution is 7.11. The van der Waals surface area contributed by atoms with Crippen LogP contribution in [0, 0.1) is 6.92 Å². The molecule has 0 aliphatic heterocycles. The van der Waals surface area contributed by atoms with E-state index >= 15 is 0 Å². The first kappa shape index (κ1) is 18.2. The summed E-state index contributed by atoms with van der Waals surface area (Å²) in [6, 6.07) is 8.99. The van der Waals surface area contributed by atoms with Crippen molar-refractivity contribution in [3.63, 3.8) is 0 Å². The maximum absolute atomic E-state index is 11.9. The fraction of sp³-hybridized carbons (Fsp3) is 0.222. The highest BCUT2D eigenvalue weighted by Crippen LogP contribution is 2.18. The van der Waals surface area contributed by atoms with E-state index in [0.29, 0.717) is 5.02 Å². The summed E-state index contributed by atoms with van der Waals surface area (Å²) in [4.78, 5) is 24.5. The average Bonchev–Trinajstić information content (AvgIpc) is 2.96. The zero-order chi connectivity index (χ0) is 17.5. The number of nitrogens with one attached hydrogen (secondary N) is 1. The molecular weight excluding hydrogens is 346 g/mol. The summed E-state index contributed by atoms with van der Waals surface area (Å²) in [7, 11) is 0. The molecule has 6 heteroatoms. The minimum absolute atomic E-state index is 0.223. The Labute approximate surface area is 150 Å². The Balaban J connectivity index is 1.79. The standard InChI is InChI=1S/C18H18ClNO3S/c1-12-8-9-24-16(12)6-7-18(22)23-11-17(21)20-13(2)14-4-3-5-15(19)10-14/h3-10,13H,11H2,1-2H3,(H,20,21)/b7-6+/t13-/m1/s1. The molecule has 126 valence electrons. The largest absolute Gasteiger partial charge is 0.452 e. The van der Waals surface area contributed by atoms with Gasteiger partial charge in [-0.25, -0.2) is 4.79 Å². The number of rotatable bonds is 6. The lowest BCUT2D eigenvalue weighted by molar-refractivity contribution is -0.144. The number of carbonyl (C=O) groups excluding carboxylic acids is 2. The van der Waals surface area contributed by atoms with Gasteiger partial charge >= 0.3 is 5.97 Å². The summed E-state index contributed by atoms with van der Waals surface area (Å²) in [5.74, 6) is -0.912. The molecule has 0 bridgehead atoms. The van der Waals surface area contributed by atoms with Gasteiger partial charge in [-0.2, -0.15) is 0 Å². The van der Waals surface area contributed by atoms with Gasteiger partial charge in [0.05, 0.1) is 6.04 Å². The molecule has 24 heavy (non-hydrogen) atoms. The first-order chi connectivity index (χ1) is 11.5. The molecular formula is C18H18ClNO3S. The van der Waals surface area contributed by atoms with Gasteiger partial charge in [-0.05, 0) is 54.6 Å². The third-order valence-electron chi connectivity index (χ3n) is 3.34. The average molecular weight is 364 g/mol. The van der Waals surface area contributed by atoms with Crippen LogP contribution in [0.5, 0.6) is 0 Å². The van der Waals surface area contributed by atoms with E-state index in [-0.39, 0.29) is 18.6 Å². The topological polar surface area (TPSA) is 55.4 Å². The van der Waals surface area contributed by atoms with Crippen LogP contribution in [0.1, 0.15) is 29.0 Å². The maximum Gasteiger partial charge on any atom is 0.331 e. The predicted molar refractivity (Wildman–Crippen MR) is 97.1 cm³/mol. The van der Waals surface area contributed by atoms with Crippen LogP contribution in [0.4, 0.5) is 0 Å². The molecule has 1 heterocycles. The molecule has 0 radical (unpaired) electrons. The number of esters is 1. The molecule has 1 N–H and O–H groups in total. The second-order valence-electron chi connectivity index (χ2n) is 5.25. The third kappa shape index (κ3) is 5.51. The molecule has 0 saturated heterocycles. The molecule has 2 rings (SSSR count). The molecule has 0 saturated carbocycles.